The SMILES string of the molecule is CCNC(=NCc1ncc(C)s1)NCCc1nnc2n1CCCCC2.I. The molecule has 2 aromatic rings. The van der Waals surface area contributed by atoms with E-state index >= 15 is 0 Å². The molecule has 0 spiro atoms. The van der Waals surface area contributed by atoms with Gasteiger partial charge in [0.1, 0.15) is 16.7 Å². The number of nitrogens with zero attached hydrogens (tertiary/aromatic N) is 5. The van der Waals surface area contributed by atoms with Gasteiger partial charge >= 0.3 is 0 Å². The van der Waals surface area contributed by atoms with Gasteiger partial charge in [-0.1, -0.05) is 6.42 Å². The van der Waals surface area contributed by atoms with Crippen LogP contribution in [0.3, 0.4) is 0 Å². The van der Waals surface area contributed by atoms with Crippen LogP contribution in [-0.2, 0) is 25.9 Å². The van der Waals surface area contributed by atoms with Crippen molar-refractivity contribution >= 4 is 41.3 Å². The second-order valence-electron chi connectivity index (χ2n) is 6.23. The molecule has 9 heteroatoms. The molecule has 1 aliphatic rings. The Morgan fingerprint density at radius 2 is 2.15 bits per heavy atom. The van der Waals surface area contributed by atoms with E-state index in [-0.39, 0.29) is 24.0 Å². The summed E-state index contributed by atoms with van der Waals surface area (Å²) in [5.41, 5.74) is 0. The fraction of sp³-hybridized carbons (Fsp3) is 0.647. The molecule has 0 aliphatic carbocycles. The molecule has 0 saturated carbocycles. The van der Waals surface area contributed by atoms with E-state index in [0.717, 1.165) is 55.1 Å². The van der Waals surface area contributed by atoms with Gasteiger partial charge in [-0.2, -0.15) is 0 Å². The Morgan fingerprint density at radius 3 is 2.92 bits per heavy atom. The van der Waals surface area contributed by atoms with E-state index in [0.29, 0.717) is 6.54 Å². The van der Waals surface area contributed by atoms with Crippen molar-refractivity contribution in [1.82, 2.24) is 30.4 Å². The Balaban J connectivity index is 0.00000243. The zero-order chi connectivity index (χ0) is 17.5. The molecule has 0 radical (unpaired) electrons. The zero-order valence-electron chi connectivity index (χ0n) is 15.5. The van der Waals surface area contributed by atoms with Gasteiger partial charge in [-0.3, -0.25) is 0 Å². The molecular formula is C17H28IN7S. The predicted molar refractivity (Wildman–Crippen MR) is 116 cm³/mol. The molecule has 0 fully saturated rings. The van der Waals surface area contributed by atoms with Gasteiger partial charge < -0.3 is 15.2 Å². The van der Waals surface area contributed by atoms with Crippen LogP contribution in [0.25, 0.3) is 0 Å². The highest BCUT2D eigenvalue weighted by atomic mass is 127. The van der Waals surface area contributed by atoms with Crippen molar-refractivity contribution in [3.8, 4) is 0 Å². The van der Waals surface area contributed by atoms with Gasteiger partial charge in [-0.15, -0.1) is 45.5 Å². The normalized spacial score (nSPS) is 14.3. The van der Waals surface area contributed by atoms with Crippen LogP contribution in [0.5, 0.6) is 0 Å². The number of fused-ring (bicyclic) bond motifs is 1. The van der Waals surface area contributed by atoms with Crippen molar-refractivity contribution < 1.29 is 0 Å². The number of aromatic nitrogens is 4. The Hall–Kier alpha value is -1.23. The average Bonchev–Trinajstić information content (AvgIpc) is 3.11. The number of halogens is 1. The lowest BCUT2D eigenvalue weighted by Crippen LogP contribution is -2.38. The highest BCUT2D eigenvalue weighted by Crippen LogP contribution is 2.14. The summed E-state index contributed by atoms with van der Waals surface area (Å²) in [5, 5.41) is 16.5. The molecule has 0 amide bonds. The number of aliphatic imine (C=N–C) groups is 1. The fourth-order valence-corrected chi connectivity index (χ4v) is 3.70. The molecule has 1 aliphatic heterocycles. The number of nitrogens with one attached hydrogen (secondary N) is 2. The van der Waals surface area contributed by atoms with Gasteiger partial charge in [0, 0.05) is 43.5 Å². The lowest BCUT2D eigenvalue weighted by Gasteiger charge is -2.11. The fourth-order valence-electron chi connectivity index (χ4n) is 2.99. The van der Waals surface area contributed by atoms with Gasteiger partial charge in [0.25, 0.3) is 0 Å². The summed E-state index contributed by atoms with van der Waals surface area (Å²) in [7, 11) is 0. The van der Waals surface area contributed by atoms with E-state index in [9.17, 15) is 0 Å². The number of hydrogen-bond donors (Lipinski definition) is 2. The molecule has 2 N–H and O–H groups in total. The monoisotopic (exact) mass is 489 g/mol. The van der Waals surface area contributed by atoms with Gasteiger partial charge in [-0.05, 0) is 26.7 Å². The van der Waals surface area contributed by atoms with Gasteiger partial charge in [0.15, 0.2) is 5.96 Å². The molecule has 2 aromatic heterocycles. The summed E-state index contributed by atoms with van der Waals surface area (Å²) in [4.78, 5) is 10.2. The van der Waals surface area contributed by atoms with Crippen LogP contribution in [0.4, 0.5) is 0 Å². The maximum absolute atomic E-state index is 4.62. The van der Waals surface area contributed by atoms with Crippen LogP contribution in [0.1, 0.15) is 47.7 Å². The molecule has 144 valence electrons. The Labute approximate surface area is 176 Å². The maximum Gasteiger partial charge on any atom is 0.191 e. The molecule has 0 unspecified atom stereocenters. The second kappa shape index (κ2) is 10.8. The molecule has 0 bridgehead atoms. The van der Waals surface area contributed by atoms with Crippen LogP contribution >= 0.6 is 35.3 Å². The summed E-state index contributed by atoms with van der Waals surface area (Å²) in [5.74, 6) is 3.05. The third kappa shape index (κ3) is 5.90. The van der Waals surface area contributed by atoms with Crippen LogP contribution < -0.4 is 10.6 Å². The van der Waals surface area contributed by atoms with Crippen LogP contribution in [-0.4, -0.2) is 38.8 Å². The Kier molecular flexibility index (Phi) is 8.76. The summed E-state index contributed by atoms with van der Waals surface area (Å²) in [6, 6.07) is 0. The Morgan fingerprint density at radius 1 is 1.27 bits per heavy atom. The minimum absolute atomic E-state index is 0. The first kappa shape index (κ1) is 21.1. The third-order valence-corrected chi connectivity index (χ3v) is 5.11. The van der Waals surface area contributed by atoms with Crippen LogP contribution in [0.15, 0.2) is 11.2 Å². The molecule has 3 rings (SSSR count). The molecule has 0 atom stereocenters. The largest absolute Gasteiger partial charge is 0.357 e. The number of aryl methyl sites for hydroxylation is 2. The lowest BCUT2D eigenvalue weighted by atomic mass is 10.2. The topological polar surface area (TPSA) is 80.0 Å². The molecule has 26 heavy (non-hydrogen) atoms. The smallest absolute Gasteiger partial charge is 0.191 e. The summed E-state index contributed by atoms with van der Waals surface area (Å²) < 4.78 is 2.30. The number of guanidine groups is 1. The molecular weight excluding hydrogens is 461 g/mol. The van der Waals surface area contributed by atoms with E-state index in [2.05, 4.69) is 49.2 Å². The van der Waals surface area contributed by atoms with E-state index in [1.165, 1.54) is 24.1 Å². The average molecular weight is 489 g/mol. The maximum atomic E-state index is 4.62. The standard InChI is InChI=1S/C17H27N7S.HI/c1-3-18-17(21-12-16-20-11-13(2)25-16)19-9-8-15-23-22-14-7-5-4-6-10-24(14)15;/h11H,3-10,12H2,1-2H3,(H2,18,19,21);1H. The molecule has 0 aromatic carbocycles. The zero-order valence-corrected chi connectivity index (χ0v) is 18.6. The van der Waals surface area contributed by atoms with E-state index in [4.69, 9.17) is 0 Å². The van der Waals surface area contributed by atoms with Crippen molar-refractivity contribution in [2.24, 2.45) is 4.99 Å². The van der Waals surface area contributed by atoms with Crippen molar-refractivity contribution in [3.63, 3.8) is 0 Å². The molecule has 3 heterocycles. The van der Waals surface area contributed by atoms with Crippen molar-refractivity contribution in [2.45, 2.75) is 59.0 Å². The minimum atomic E-state index is 0. The highest BCUT2D eigenvalue weighted by Gasteiger charge is 2.14. The first-order chi connectivity index (χ1) is 12.3. The van der Waals surface area contributed by atoms with E-state index in [1.54, 1.807) is 11.3 Å². The van der Waals surface area contributed by atoms with Gasteiger partial charge in [0.2, 0.25) is 0 Å². The highest BCUT2D eigenvalue weighted by molar-refractivity contribution is 14.0. The summed E-state index contributed by atoms with van der Waals surface area (Å²) >= 11 is 1.69. The van der Waals surface area contributed by atoms with E-state index in [1.807, 2.05) is 6.20 Å². The summed E-state index contributed by atoms with van der Waals surface area (Å²) in [6.07, 6.45) is 7.54. The Bertz CT molecular complexity index is 710. The third-order valence-electron chi connectivity index (χ3n) is 4.21. The van der Waals surface area contributed by atoms with Crippen molar-refractivity contribution in [1.29, 1.82) is 0 Å². The van der Waals surface area contributed by atoms with Crippen molar-refractivity contribution in [2.75, 3.05) is 13.1 Å². The number of hydrogen-bond acceptors (Lipinski definition) is 5. The van der Waals surface area contributed by atoms with Crippen LogP contribution in [0, 0.1) is 6.92 Å². The minimum Gasteiger partial charge on any atom is -0.357 e. The molecule has 0 saturated heterocycles. The van der Waals surface area contributed by atoms with Crippen molar-refractivity contribution in [3.05, 3.63) is 27.7 Å². The predicted octanol–water partition coefficient (Wildman–Crippen LogP) is 2.69. The van der Waals surface area contributed by atoms with Crippen LogP contribution in [0.2, 0.25) is 0 Å². The molecule has 7 nitrogen and oxygen atoms in total. The number of rotatable bonds is 6. The quantitative estimate of drug-likeness (QED) is 0.371. The van der Waals surface area contributed by atoms with Gasteiger partial charge in [-0.25, -0.2) is 9.98 Å². The summed E-state index contributed by atoms with van der Waals surface area (Å²) in [6.45, 7) is 7.42. The first-order valence-corrected chi connectivity index (χ1v) is 9.92. The van der Waals surface area contributed by atoms with E-state index < -0.39 is 0 Å². The van der Waals surface area contributed by atoms with Gasteiger partial charge in [0.05, 0.1) is 6.54 Å². The first-order valence-electron chi connectivity index (χ1n) is 9.10. The number of thiazole rings is 1. The second-order valence-corrected chi connectivity index (χ2v) is 7.55. The lowest BCUT2D eigenvalue weighted by molar-refractivity contribution is 0.600.